The van der Waals surface area contributed by atoms with Crippen molar-refractivity contribution < 1.29 is 5.11 Å². The quantitative estimate of drug-likeness (QED) is 0.710. The van der Waals surface area contributed by atoms with Gasteiger partial charge in [-0.2, -0.15) is 0 Å². The average molecular weight is 191 g/mol. The SMILES string of the molecule is Cc1ccc(C)c2c1C(O)CC2CN. The number of aryl methyl sites for hydroxylation is 2. The average Bonchev–Trinajstić information content (AvgIpc) is 2.50. The molecule has 0 amide bonds. The fourth-order valence-electron chi connectivity index (χ4n) is 2.56. The molecule has 1 aromatic rings. The number of rotatable bonds is 1. The molecule has 0 fully saturated rings. The third-order valence-corrected chi connectivity index (χ3v) is 3.26. The van der Waals surface area contributed by atoms with Crippen LogP contribution in [0.25, 0.3) is 0 Å². The lowest BCUT2D eigenvalue weighted by molar-refractivity contribution is 0.173. The summed E-state index contributed by atoms with van der Waals surface area (Å²) in [5.74, 6) is 0.347. The molecule has 0 heterocycles. The number of aliphatic hydroxyl groups is 1. The Morgan fingerprint density at radius 3 is 2.43 bits per heavy atom. The molecule has 14 heavy (non-hydrogen) atoms. The Labute approximate surface area is 84.7 Å². The number of hydrogen-bond acceptors (Lipinski definition) is 2. The molecule has 3 N–H and O–H groups in total. The van der Waals surface area contributed by atoms with Crippen LogP contribution in [0.3, 0.4) is 0 Å². The topological polar surface area (TPSA) is 46.2 Å². The van der Waals surface area contributed by atoms with E-state index < -0.39 is 0 Å². The van der Waals surface area contributed by atoms with Gasteiger partial charge in [-0.05, 0) is 55.0 Å². The maximum absolute atomic E-state index is 9.93. The van der Waals surface area contributed by atoms with Crippen molar-refractivity contribution in [3.63, 3.8) is 0 Å². The summed E-state index contributed by atoms with van der Waals surface area (Å²) < 4.78 is 0. The first kappa shape index (κ1) is 9.69. The van der Waals surface area contributed by atoms with Crippen LogP contribution in [0.4, 0.5) is 0 Å². The number of benzene rings is 1. The molecule has 1 aliphatic carbocycles. The molecule has 2 heteroatoms. The van der Waals surface area contributed by atoms with Crippen molar-refractivity contribution in [2.75, 3.05) is 6.54 Å². The highest BCUT2D eigenvalue weighted by molar-refractivity contribution is 5.47. The third-order valence-electron chi connectivity index (χ3n) is 3.26. The molecule has 0 saturated carbocycles. The summed E-state index contributed by atoms with van der Waals surface area (Å²) in [6.45, 7) is 4.79. The van der Waals surface area contributed by atoms with E-state index in [-0.39, 0.29) is 6.10 Å². The van der Waals surface area contributed by atoms with Crippen LogP contribution in [0.15, 0.2) is 12.1 Å². The first-order chi connectivity index (χ1) is 6.65. The zero-order chi connectivity index (χ0) is 10.3. The van der Waals surface area contributed by atoms with Gasteiger partial charge in [0, 0.05) is 0 Å². The van der Waals surface area contributed by atoms with Crippen LogP contribution in [0.1, 0.15) is 40.7 Å². The van der Waals surface area contributed by atoms with E-state index in [9.17, 15) is 5.11 Å². The Morgan fingerprint density at radius 2 is 1.86 bits per heavy atom. The molecule has 2 unspecified atom stereocenters. The van der Waals surface area contributed by atoms with E-state index in [2.05, 4.69) is 26.0 Å². The van der Waals surface area contributed by atoms with Crippen molar-refractivity contribution in [1.82, 2.24) is 0 Å². The second kappa shape index (κ2) is 3.37. The van der Waals surface area contributed by atoms with Crippen LogP contribution < -0.4 is 5.73 Å². The molecule has 0 radical (unpaired) electrons. The third kappa shape index (κ3) is 1.26. The monoisotopic (exact) mass is 191 g/mol. The number of aliphatic hydroxyl groups excluding tert-OH is 1. The van der Waals surface area contributed by atoms with Crippen LogP contribution in [0.2, 0.25) is 0 Å². The minimum Gasteiger partial charge on any atom is -0.388 e. The van der Waals surface area contributed by atoms with E-state index in [1.54, 1.807) is 0 Å². The van der Waals surface area contributed by atoms with Gasteiger partial charge in [0.05, 0.1) is 6.10 Å². The van der Waals surface area contributed by atoms with E-state index in [0.717, 1.165) is 12.0 Å². The Bertz CT molecular complexity index is 360. The highest BCUT2D eigenvalue weighted by atomic mass is 16.3. The Morgan fingerprint density at radius 1 is 1.29 bits per heavy atom. The molecule has 2 nitrogen and oxygen atoms in total. The van der Waals surface area contributed by atoms with Crippen LogP contribution in [-0.2, 0) is 0 Å². The summed E-state index contributed by atoms with van der Waals surface area (Å²) in [4.78, 5) is 0. The van der Waals surface area contributed by atoms with Crippen LogP contribution in [0, 0.1) is 13.8 Å². The van der Waals surface area contributed by atoms with Crippen molar-refractivity contribution in [3.05, 3.63) is 34.4 Å². The van der Waals surface area contributed by atoms with E-state index in [0.29, 0.717) is 12.5 Å². The molecular formula is C12H17NO. The largest absolute Gasteiger partial charge is 0.388 e. The van der Waals surface area contributed by atoms with Crippen molar-refractivity contribution in [1.29, 1.82) is 0 Å². The van der Waals surface area contributed by atoms with Gasteiger partial charge in [-0.15, -0.1) is 0 Å². The maximum atomic E-state index is 9.93. The van der Waals surface area contributed by atoms with E-state index in [1.165, 1.54) is 16.7 Å². The van der Waals surface area contributed by atoms with Gasteiger partial charge in [-0.3, -0.25) is 0 Å². The zero-order valence-corrected chi connectivity index (χ0v) is 8.75. The first-order valence-corrected chi connectivity index (χ1v) is 5.13. The smallest absolute Gasteiger partial charge is 0.0801 e. The van der Waals surface area contributed by atoms with Gasteiger partial charge in [-0.1, -0.05) is 12.1 Å². The van der Waals surface area contributed by atoms with Crippen molar-refractivity contribution in [2.24, 2.45) is 5.73 Å². The van der Waals surface area contributed by atoms with E-state index in [1.807, 2.05) is 0 Å². The van der Waals surface area contributed by atoms with Gasteiger partial charge in [0.25, 0.3) is 0 Å². The molecule has 76 valence electrons. The molecule has 1 aromatic carbocycles. The lowest BCUT2D eigenvalue weighted by Crippen LogP contribution is -2.10. The Hall–Kier alpha value is -0.860. The summed E-state index contributed by atoms with van der Waals surface area (Å²) in [5.41, 5.74) is 10.6. The standard InChI is InChI=1S/C12H17NO/c1-7-3-4-8(2)12-10(14)5-9(6-13)11(7)12/h3-4,9-10,14H,5-6,13H2,1-2H3. The predicted molar refractivity (Wildman–Crippen MR) is 57.3 cm³/mol. The van der Waals surface area contributed by atoms with Gasteiger partial charge in [0.2, 0.25) is 0 Å². The maximum Gasteiger partial charge on any atom is 0.0801 e. The molecule has 0 bridgehead atoms. The van der Waals surface area contributed by atoms with Gasteiger partial charge in [-0.25, -0.2) is 0 Å². The minimum absolute atomic E-state index is 0.307. The Balaban J connectivity index is 2.60. The van der Waals surface area contributed by atoms with Crippen LogP contribution in [-0.4, -0.2) is 11.7 Å². The summed E-state index contributed by atoms with van der Waals surface area (Å²) in [7, 11) is 0. The summed E-state index contributed by atoms with van der Waals surface area (Å²) in [6, 6.07) is 4.20. The predicted octanol–water partition coefficient (Wildman–Crippen LogP) is 1.78. The molecule has 2 rings (SSSR count). The molecule has 0 spiro atoms. The fourth-order valence-corrected chi connectivity index (χ4v) is 2.56. The Kier molecular flexibility index (Phi) is 2.33. The molecular weight excluding hydrogens is 174 g/mol. The summed E-state index contributed by atoms with van der Waals surface area (Å²) in [6.07, 6.45) is 0.482. The highest BCUT2D eigenvalue weighted by Gasteiger charge is 2.31. The highest BCUT2D eigenvalue weighted by Crippen LogP contribution is 2.42. The van der Waals surface area contributed by atoms with Crippen molar-refractivity contribution in [2.45, 2.75) is 32.3 Å². The number of nitrogens with two attached hydrogens (primary N) is 1. The molecule has 1 aliphatic rings. The molecule has 0 saturated heterocycles. The molecule has 2 atom stereocenters. The van der Waals surface area contributed by atoms with Gasteiger partial charge in [0.15, 0.2) is 0 Å². The number of fused-ring (bicyclic) bond motifs is 1. The van der Waals surface area contributed by atoms with Crippen LogP contribution >= 0.6 is 0 Å². The fraction of sp³-hybridized carbons (Fsp3) is 0.500. The van der Waals surface area contributed by atoms with Crippen LogP contribution in [0.5, 0.6) is 0 Å². The van der Waals surface area contributed by atoms with Gasteiger partial charge < -0.3 is 10.8 Å². The molecule has 0 aromatic heterocycles. The zero-order valence-electron chi connectivity index (χ0n) is 8.75. The second-order valence-electron chi connectivity index (χ2n) is 4.21. The van der Waals surface area contributed by atoms with Crippen molar-refractivity contribution in [3.8, 4) is 0 Å². The lowest BCUT2D eigenvalue weighted by atomic mass is 9.94. The van der Waals surface area contributed by atoms with E-state index in [4.69, 9.17) is 5.73 Å². The normalized spacial score (nSPS) is 25.1. The second-order valence-corrected chi connectivity index (χ2v) is 4.21. The summed E-state index contributed by atoms with van der Waals surface area (Å²) >= 11 is 0. The van der Waals surface area contributed by atoms with Gasteiger partial charge >= 0.3 is 0 Å². The summed E-state index contributed by atoms with van der Waals surface area (Å²) in [5, 5.41) is 9.93. The first-order valence-electron chi connectivity index (χ1n) is 5.13. The minimum atomic E-state index is -0.307. The number of hydrogen-bond donors (Lipinski definition) is 2. The molecule has 0 aliphatic heterocycles. The van der Waals surface area contributed by atoms with Gasteiger partial charge in [0.1, 0.15) is 0 Å². The lowest BCUT2D eigenvalue weighted by Gasteiger charge is -2.12. The van der Waals surface area contributed by atoms with Crippen molar-refractivity contribution >= 4 is 0 Å². The van der Waals surface area contributed by atoms with E-state index >= 15 is 0 Å².